The molecule has 0 saturated heterocycles. The molecule has 2 aromatic rings. The zero-order chi connectivity index (χ0) is 15.0. The number of carbonyl (C=O) groups excluding carboxylic acids is 1. The maximum atomic E-state index is 11.4. The van der Waals surface area contributed by atoms with Crippen LogP contribution in [-0.2, 0) is 13.1 Å². The van der Waals surface area contributed by atoms with E-state index in [9.17, 15) is 14.9 Å². The molecule has 0 saturated carbocycles. The van der Waals surface area contributed by atoms with Crippen molar-refractivity contribution in [1.29, 1.82) is 0 Å². The number of anilines is 1. The van der Waals surface area contributed by atoms with Crippen molar-refractivity contribution in [3.63, 3.8) is 0 Å². The standard InChI is InChI=1S/C16H14N2O3/c1-11(19)12-6-7-15(16(8-12)18(20)21)17-9-13-4-2-3-5-14(13)10-17/h2-8H,9-10H2,1H3. The number of hydrogen-bond donors (Lipinski definition) is 0. The van der Waals surface area contributed by atoms with Crippen LogP contribution in [-0.4, -0.2) is 10.7 Å². The molecule has 106 valence electrons. The van der Waals surface area contributed by atoms with Crippen LogP contribution in [0.5, 0.6) is 0 Å². The van der Waals surface area contributed by atoms with Gasteiger partial charge in [-0.3, -0.25) is 14.9 Å². The van der Waals surface area contributed by atoms with E-state index in [1.165, 1.54) is 24.1 Å². The zero-order valence-electron chi connectivity index (χ0n) is 11.6. The van der Waals surface area contributed by atoms with Crippen LogP contribution in [0.4, 0.5) is 11.4 Å². The van der Waals surface area contributed by atoms with Gasteiger partial charge in [0.15, 0.2) is 5.78 Å². The molecule has 0 unspecified atom stereocenters. The van der Waals surface area contributed by atoms with Crippen LogP contribution in [0.25, 0.3) is 0 Å². The summed E-state index contributed by atoms with van der Waals surface area (Å²) < 4.78 is 0. The fourth-order valence-electron chi connectivity index (χ4n) is 2.66. The number of benzene rings is 2. The van der Waals surface area contributed by atoms with Gasteiger partial charge in [0.1, 0.15) is 5.69 Å². The van der Waals surface area contributed by atoms with Gasteiger partial charge in [-0.2, -0.15) is 0 Å². The number of Topliss-reactive ketones (excluding diaryl/α,β-unsaturated/α-hetero) is 1. The second kappa shape index (κ2) is 5.01. The maximum absolute atomic E-state index is 11.4. The molecule has 0 amide bonds. The van der Waals surface area contributed by atoms with Gasteiger partial charge < -0.3 is 4.90 Å². The molecule has 0 aromatic heterocycles. The molecule has 5 heteroatoms. The summed E-state index contributed by atoms with van der Waals surface area (Å²) in [6.07, 6.45) is 0. The van der Waals surface area contributed by atoms with Crippen molar-refractivity contribution in [1.82, 2.24) is 0 Å². The highest BCUT2D eigenvalue weighted by molar-refractivity contribution is 5.95. The summed E-state index contributed by atoms with van der Waals surface area (Å²) in [6, 6.07) is 12.7. The van der Waals surface area contributed by atoms with Crippen LogP contribution in [0.1, 0.15) is 28.4 Å². The summed E-state index contributed by atoms with van der Waals surface area (Å²) >= 11 is 0. The molecular formula is C16H14N2O3. The molecule has 3 rings (SSSR count). The molecule has 0 radical (unpaired) electrons. The summed E-state index contributed by atoms with van der Waals surface area (Å²) in [4.78, 5) is 24.2. The Balaban J connectivity index is 2.00. The van der Waals surface area contributed by atoms with E-state index in [1.54, 1.807) is 12.1 Å². The minimum atomic E-state index is -0.426. The zero-order valence-corrected chi connectivity index (χ0v) is 11.6. The largest absolute Gasteiger partial charge is 0.357 e. The van der Waals surface area contributed by atoms with Gasteiger partial charge in [0.05, 0.1) is 4.92 Å². The second-order valence-corrected chi connectivity index (χ2v) is 5.14. The van der Waals surface area contributed by atoms with Gasteiger partial charge in [0, 0.05) is 24.7 Å². The molecule has 0 N–H and O–H groups in total. The molecule has 1 heterocycles. The Kier molecular flexibility index (Phi) is 3.17. The van der Waals surface area contributed by atoms with Gasteiger partial charge >= 0.3 is 0 Å². The van der Waals surface area contributed by atoms with E-state index >= 15 is 0 Å². The van der Waals surface area contributed by atoms with Crippen molar-refractivity contribution in [2.75, 3.05) is 4.90 Å². The number of rotatable bonds is 3. The highest BCUT2D eigenvalue weighted by Gasteiger charge is 2.25. The molecule has 0 atom stereocenters. The molecule has 1 aliphatic rings. The molecule has 1 aliphatic heterocycles. The monoisotopic (exact) mass is 282 g/mol. The van der Waals surface area contributed by atoms with Crippen molar-refractivity contribution >= 4 is 17.2 Å². The van der Waals surface area contributed by atoms with Crippen LogP contribution < -0.4 is 4.90 Å². The predicted octanol–water partition coefficient (Wildman–Crippen LogP) is 3.32. The fourth-order valence-corrected chi connectivity index (χ4v) is 2.66. The van der Waals surface area contributed by atoms with Crippen molar-refractivity contribution in [3.05, 3.63) is 69.3 Å². The Labute approximate surface area is 122 Å². The van der Waals surface area contributed by atoms with E-state index in [-0.39, 0.29) is 11.5 Å². The van der Waals surface area contributed by atoms with Gasteiger partial charge in [0.2, 0.25) is 0 Å². The van der Waals surface area contributed by atoms with E-state index in [1.807, 2.05) is 29.2 Å². The average Bonchev–Trinajstić information content (AvgIpc) is 2.90. The van der Waals surface area contributed by atoms with Crippen LogP contribution in [0.15, 0.2) is 42.5 Å². The van der Waals surface area contributed by atoms with Crippen LogP contribution in [0.3, 0.4) is 0 Å². The van der Waals surface area contributed by atoms with Crippen LogP contribution >= 0.6 is 0 Å². The van der Waals surface area contributed by atoms with Gasteiger partial charge in [-0.25, -0.2) is 0 Å². The van der Waals surface area contributed by atoms with Crippen LogP contribution in [0.2, 0.25) is 0 Å². The van der Waals surface area contributed by atoms with Gasteiger partial charge in [-0.05, 0) is 30.2 Å². The Morgan fingerprint density at radius 1 is 1.14 bits per heavy atom. The molecular weight excluding hydrogens is 268 g/mol. The topological polar surface area (TPSA) is 63.5 Å². The number of hydrogen-bond acceptors (Lipinski definition) is 4. The summed E-state index contributed by atoms with van der Waals surface area (Å²) in [6.45, 7) is 2.71. The van der Waals surface area contributed by atoms with Crippen molar-refractivity contribution in [2.24, 2.45) is 0 Å². The minimum Gasteiger partial charge on any atom is -0.357 e. The number of carbonyl (C=O) groups is 1. The van der Waals surface area contributed by atoms with Gasteiger partial charge in [-0.15, -0.1) is 0 Å². The van der Waals surface area contributed by atoms with Crippen LogP contribution in [0, 0.1) is 10.1 Å². The summed E-state index contributed by atoms with van der Waals surface area (Å²) in [5, 5.41) is 11.3. The molecule has 0 aliphatic carbocycles. The Morgan fingerprint density at radius 3 is 2.29 bits per heavy atom. The third-order valence-electron chi connectivity index (χ3n) is 3.76. The first-order chi connectivity index (χ1) is 10.1. The van der Waals surface area contributed by atoms with E-state index in [0.717, 1.165) is 0 Å². The lowest BCUT2D eigenvalue weighted by atomic mass is 10.1. The average molecular weight is 282 g/mol. The number of fused-ring (bicyclic) bond motifs is 1. The minimum absolute atomic E-state index is 0.0180. The lowest BCUT2D eigenvalue weighted by Crippen LogP contribution is -2.16. The highest BCUT2D eigenvalue weighted by atomic mass is 16.6. The first-order valence-electron chi connectivity index (χ1n) is 6.67. The number of nitrogens with zero attached hydrogens (tertiary/aromatic N) is 2. The van der Waals surface area contributed by atoms with Crippen molar-refractivity contribution < 1.29 is 9.72 Å². The molecule has 0 spiro atoms. The smallest absolute Gasteiger partial charge is 0.293 e. The van der Waals surface area contributed by atoms with Crippen molar-refractivity contribution in [3.8, 4) is 0 Å². The van der Waals surface area contributed by atoms with Crippen molar-refractivity contribution in [2.45, 2.75) is 20.0 Å². The Hall–Kier alpha value is -2.69. The first kappa shape index (κ1) is 13.3. The van der Waals surface area contributed by atoms with Gasteiger partial charge in [0.25, 0.3) is 5.69 Å². The summed E-state index contributed by atoms with van der Waals surface area (Å²) in [7, 11) is 0. The summed E-state index contributed by atoms with van der Waals surface area (Å²) in [5.41, 5.74) is 3.27. The van der Waals surface area contributed by atoms with E-state index in [2.05, 4.69) is 0 Å². The number of nitro benzene ring substituents is 1. The molecule has 5 nitrogen and oxygen atoms in total. The quantitative estimate of drug-likeness (QED) is 0.492. The normalized spacial score (nSPS) is 13.1. The molecule has 2 aromatic carbocycles. The Bertz CT molecular complexity index is 715. The fraction of sp³-hybridized carbons (Fsp3) is 0.188. The third kappa shape index (κ3) is 2.38. The van der Waals surface area contributed by atoms with E-state index in [0.29, 0.717) is 24.3 Å². The third-order valence-corrected chi connectivity index (χ3v) is 3.76. The molecule has 0 fully saturated rings. The molecule has 21 heavy (non-hydrogen) atoms. The van der Waals surface area contributed by atoms with Gasteiger partial charge in [-0.1, -0.05) is 24.3 Å². The Morgan fingerprint density at radius 2 is 1.76 bits per heavy atom. The predicted molar refractivity (Wildman–Crippen MR) is 79.4 cm³/mol. The number of ketones is 1. The lowest BCUT2D eigenvalue weighted by molar-refractivity contribution is -0.384. The maximum Gasteiger partial charge on any atom is 0.293 e. The van der Waals surface area contributed by atoms with E-state index in [4.69, 9.17) is 0 Å². The second-order valence-electron chi connectivity index (χ2n) is 5.14. The number of nitro groups is 1. The van der Waals surface area contributed by atoms with E-state index < -0.39 is 4.92 Å². The highest BCUT2D eigenvalue weighted by Crippen LogP contribution is 2.35. The SMILES string of the molecule is CC(=O)c1ccc(N2Cc3ccccc3C2)c([N+](=O)[O-])c1. The lowest BCUT2D eigenvalue weighted by Gasteiger charge is -2.18. The molecule has 0 bridgehead atoms. The first-order valence-corrected chi connectivity index (χ1v) is 6.67. The summed E-state index contributed by atoms with van der Waals surface area (Å²) in [5.74, 6) is -0.172.